The molecule has 15 heavy (non-hydrogen) atoms. The van der Waals surface area contributed by atoms with Crippen molar-refractivity contribution in [3.8, 4) is 0 Å². The fourth-order valence-corrected chi connectivity index (χ4v) is 1.96. The van der Waals surface area contributed by atoms with Gasteiger partial charge < -0.3 is 9.74 Å². The van der Waals surface area contributed by atoms with E-state index in [0.717, 1.165) is 25.9 Å². The van der Waals surface area contributed by atoms with Gasteiger partial charge in [-0.05, 0) is 12.1 Å². The van der Waals surface area contributed by atoms with E-state index in [2.05, 4.69) is 41.0 Å². The van der Waals surface area contributed by atoms with Gasteiger partial charge in [-0.25, -0.2) is 0 Å². The molecule has 1 aromatic carbocycles. The molecule has 1 aliphatic heterocycles. The van der Waals surface area contributed by atoms with Gasteiger partial charge in [0.1, 0.15) is 6.10 Å². The lowest BCUT2D eigenvalue weighted by molar-refractivity contribution is 0.0439. The molecule has 0 aromatic heterocycles. The molecule has 1 saturated heterocycles. The third kappa shape index (κ3) is 2.49. The van der Waals surface area contributed by atoms with Crippen LogP contribution >= 0.6 is 0 Å². The molecule has 0 radical (unpaired) electrons. The van der Waals surface area contributed by atoms with Crippen LogP contribution in [0.15, 0.2) is 35.5 Å². The first-order valence-electron chi connectivity index (χ1n) is 5.32. The molecular weight excluding hydrogens is 188 g/mol. The van der Waals surface area contributed by atoms with Crippen molar-refractivity contribution in [3.63, 3.8) is 0 Å². The smallest absolute Gasteiger partial charge is 0.130 e. The summed E-state index contributed by atoms with van der Waals surface area (Å²) in [6, 6.07) is 10.5. The van der Waals surface area contributed by atoms with E-state index in [4.69, 9.17) is 4.84 Å². The van der Waals surface area contributed by atoms with E-state index in [9.17, 15) is 0 Å². The molecule has 1 heterocycles. The van der Waals surface area contributed by atoms with Crippen LogP contribution in [0.1, 0.15) is 12.8 Å². The van der Waals surface area contributed by atoms with Crippen molar-refractivity contribution in [1.29, 1.82) is 0 Å². The molecule has 0 spiro atoms. The van der Waals surface area contributed by atoms with Crippen LogP contribution in [0.25, 0.3) is 0 Å². The van der Waals surface area contributed by atoms with Crippen molar-refractivity contribution >= 4 is 12.4 Å². The molecule has 3 heteroatoms. The number of anilines is 1. The lowest BCUT2D eigenvalue weighted by Gasteiger charge is -2.32. The Balaban J connectivity index is 1.91. The molecule has 0 bridgehead atoms. The van der Waals surface area contributed by atoms with Gasteiger partial charge in [-0.1, -0.05) is 18.2 Å². The zero-order valence-electron chi connectivity index (χ0n) is 8.80. The largest absolute Gasteiger partial charge is 0.393 e. The van der Waals surface area contributed by atoms with Crippen LogP contribution in [0.5, 0.6) is 0 Å². The fourth-order valence-electron chi connectivity index (χ4n) is 1.96. The monoisotopic (exact) mass is 204 g/mol. The molecule has 0 amide bonds. The quantitative estimate of drug-likeness (QED) is 0.557. The van der Waals surface area contributed by atoms with Gasteiger partial charge in [0, 0.05) is 38.3 Å². The SMILES string of the molecule is C=NOC1CCN(c2ccccc2)CC1. The summed E-state index contributed by atoms with van der Waals surface area (Å²) in [6.45, 7) is 5.41. The maximum atomic E-state index is 5.15. The molecule has 0 N–H and O–H groups in total. The first-order chi connectivity index (χ1) is 7.40. The van der Waals surface area contributed by atoms with E-state index < -0.39 is 0 Å². The van der Waals surface area contributed by atoms with Crippen molar-refractivity contribution in [3.05, 3.63) is 30.3 Å². The van der Waals surface area contributed by atoms with Gasteiger partial charge in [0.2, 0.25) is 0 Å². The summed E-state index contributed by atoms with van der Waals surface area (Å²) in [7, 11) is 0. The van der Waals surface area contributed by atoms with Crippen LogP contribution in [0.3, 0.4) is 0 Å². The van der Waals surface area contributed by atoms with Gasteiger partial charge >= 0.3 is 0 Å². The molecule has 80 valence electrons. The first-order valence-corrected chi connectivity index (χ1v) is 5.32. The van der Waals surface area contributed by atoms with Gasteiger partial charge in [-0.15, -0.1) is 5.16 Å². The maximum absolute atomic E-state index is 5.15. The summed E-state index contributed by atoms with van der Waals surface area (Å²) < 4.78 is 0. The van der Waals surface area contributed by atoms with Crippen LogP contribution in [0.2, 0.25) is 0 Å². The normalized spacial score (nSPS) is 17.5. The van der Waals surface area contributed by atoms with Gasteiger partial charge in [0.15, 0.2) is 0 Å². The summed E-state index contributed by atoms with van der Waals surface area (Å²) in [4.78, 5) is 7.53. The van der Waals surface area contributed by atoms with Crippen LogP contribution in [-0.2, 0) is 4.84 Å². The maximum Gasteiger partial charge on any atom is 0.130 e. The molecule has 0 atom stereocenters. The number of rotatable bonds is 3. The van der Waals surface area contributed by atoms with Crippen LogP contribution in [-0.4, -0.2) is 25.9 Å². The average molecular weight is 204 g/mol. The van der Waals surface area contributed by atoms with Gasteiger partial charge in [0.05, 0.1) is 0 Å². The summed E-state index contributed by atoms with van der Waals surface area (Å²) in [6.07, 6.45) is 2.30. The summed E-state index contributed by atoms with van der Waals surface area (Å²) in [5, 5.41) is 3.49. The molecule has 1 aromatic rings. The molecule has 0 unspecified atom stereocenters. The number of nitrogens with zero attached hydrogens (tertiary/aromatic N) is 2. The van der Waals surface area contributed by atoms with E-state index >= 15 is 0 Å². The number of oxime groups is 1. The van der Waals surface area contributed by atoms with Crippen LogP contribution < -0.4 is 4.90 Å². The topological polar surface area (TPSA) is 24.8 Å². The molecule has 0 saturated carbocycles. The van der Waals surface area contributed by atoms with Crippen LogP contribution in [0.4, 0.5) is 5.69 Å². The minimum atomic E-state index is 0.252. The number of piperidine rings is 1. The van der Waals surface area contributed by atoms with E-state index in [0.29, 0.717) is 0 Å². The second-order valence-electron chi connectivity index (χ2n) is 3.76. The fraction of sp³-hybridized carbons (Fsp3) is 0.417. The highest BCUT2D eigenvalue weighted by Gasteiger charge is 2.20. The van der Waals surface area contributed by atoms with Crippen molar-refractivity contribution in [2.75, 3.05) is 18.0 Å². The number of hydrogen-bond donors (Lipinski definition) is 0. The van der Waals surface area contributed by atoms with Gasteiger partial charge in [-0.2, -0.15) is 0 Å². The second kappa shape index (κ2) is 4.82. The Morgan fingerprint density at radius 3 is 2.47 bits per heavy atom. The summed E-state index contributed by atoms with van der Waals surface area (Å²) in [5.41, 5.74) is 1.29. The van der Waals surface area contributed by atoms with E-state index in [1.165, 1.54) is 5.69 Å². The van der Waals surface area contributed by atoms with Crippen molar-refractivity contribution < 1.29 is 4.84 Å². The van der Waals surface area contributed by atoms with Crippen molar-refractivity contribution in [1.82, 2.24) is 0 Å². The molecule has 1 aliphatic rings. The highest BCUT2D eigenvalue weighted by Crippen LogP contribution is 2.20. The third-order valence-electron chi connectivity index (χ3n) is 2.79. The molecule has 1 fully saturated rings. The minimum absolute atomic E-state index is 0.252. The summed E-state index contributed by atoms with van der Waals surface area (Å²) >= 11 is 0. The predicted octanol–water partition coefficient (Wildman–Crippen LogP) is 2.29. The minimum Gasteiger partial charge on any atom is -0.393 e. The van der Waals surface area contributed by atoms with Gasteiger partial charge in [-0.3, -0.25) is 0 Å². The van der Waals surface area contributed by atoms with Gasteiger partial charge in [0.25, 0.3) is 0 Å². The standard InChI is InChI=1S/C12H16N2O/c1-13-15-12-7-9-14(10-8-12)11-5-3-2-4-6-11/h2-6,12H,1,7-10H2. The number of hydrogen-bond acceptors (Lipinski definition) is 3. The first kappa shape index (κ1) is 10.0. The van der Waals surface area contributed by atoms with Crippen LogP contribution in [0, 0.1) is 0 Å². The Morgan fingerprint density at radius 2 is 1.87 bits per heavy atom. The lowest BCUT2D eigenvalue weighted by atomic mass is 10.1. The van der Waals surface area contributed by atoms with E-state index in [1.54, 1.807) is 0 Å². The number of benzene rings is 1. The van der Waals surface area contributed by atoms with Crippen molar-refractivity contribution in [2.24, 2.45) is 5.16 Å². The summed E-state index contributed by atoms with van der Waals surface area (Å²) in [5.74, 6) is 0. The molecule has 2 rings (SSSR count). The molecule has 0 aliphatic carbocycles. The molecular formula is C12H16N2O. The number of para-hydroxylation sites is 1. The Bertz CT molecular complexity index is 305. The van der Waals surface area contributed by atoms with Crippen molar-refractivity contribution in [2.45, 2.75) is 18.9 Å². The van der Waals surface area contributed by atoms with E-state index in [1.807, 2.05) is 6.07 Å². The highest BCUT2D eigenvalue weighted by atomic mass is 16.6. The predicted molar refractivity (Wildman–Crippen MR) is 62.3 cm³/mol. The second-order valence-corrected chi connectivity index (χ2v) is 3.76. The lowest BCUT2D eigenvalue weighted by Crippen LogP contribution is -2.36. The third-order valence-corrected chi connectivity index (χ3v) is 2.79. The Labute approximate surface area is 90.3 Å². The zero-order chi connectivity index (χ0) is 10.5. The molecule has 3 nitrogen and oxygen atoms in total. The Hall–Kier alpha value is -1.51. The zero-order valence-corrected chi connectivity index (χ0v) is 8.80. The highest BCUT2D eigenvalue weighted by molar-refractivity contribution is 5.46. The Kier molecular flexibility index (Phi) is 3.22. The average Bonchev–Trinajstić information content (AvgIpc) is 2.32. The van der Waals surface area contributed by atoms with E-state index in [-0.39, 0.29) is 6.10 Å². The Morgan fingerprint density at radius 1 is 1.20 bits per heavy atom.